The maximum Gasteiger partial charge on any atom is 0.193 e. The zero-order valence-corrected chi connectivity index (χ0v) is 19.0. The molecule has 1 atom stereocenters. The number of nitrogens with zero attached hydrogens (tertiary/aromatic N) is 2. The molecular formula is C24H39N3O3. The molecule has 6 heteroatoms. The second kappa shape index (κ2) is 11.6. The summed E-state index contributed by atoms with van der Waals surface area (Å²) in [6.07, 6.45) is 6.08. The summed E-state index contributed by atoms with van der Waals surface area (Å²) in [7, 11) is 3.45. The molecular weight excluding hydrogens is 378 g/mol. The molecule has 2 aliphatic rings. The minimum Gasteiger partial charge on any atom is -0.497 e. The second-order valence-corrected chi connectivity index (χ2v) is 8.56. The summed E-state index contributed by atoms with van der Waals surface area (Å²) in [5.74, 6) is 2.54. The van der Waals surface area contributed by atoms with Gasteiger partial charge in [0.25, 0.3) is 0 Å². The van der Waals surface area contributed by atoms with Crippen molar-refractivity contribution < 1.29 is 14.2 Å². The van der Waals surface area contributed by atoms with Crippen molar-refractivity contribution in [1.29, 1.82) is 0 Å². The number of likely N-dealkylation sites (tertiary alicyclic amines) is 1. The van der Waals surface area contributed by atoms with Gasteiger partial charge in [-0.1, -0.05) is 25.0 Å². The maximum atomic E-state index is 5.76. The number of methoxy groups -OCH3 is 2. The van der Waals surface area contributed by atoms with Crippen LogP contribution in [0.3, 0.4) is 0 Å². The highest BCUT2D eigenvalue weighted by molar-refractivity contribution is 5.80. The number of benzene rings is 1. The van der Waals surface area contributed by atoms with E-state index in [1.54, 1.807) is 14.2 Å². The fourth-order valence-corrected chi connectivity index (χ4v) is 4.75. The first-order chi connectivity index (χ1) is 14.7. The van der Waals surface area contributed by atoms with Gasteiger partial charge in [-0.2, -0.15) is 0 Å². The standard InChI is InChI=1S/C24H39N3O3/c1-4-25-23(27-13-10-20(17-27)18-30-15-14-28-2)26-19-24(11-5-6-12-24)21-8-7-9-22(16-21)29-3/h7-9,16,20H,4-6,10-15,17-19H2,1-3H3,(H,25,26). The predicted octanol–water partition coefficient (Wildman–Crippen LogP) is 3.46. The van der Waals surface area contributed by atoms with Crippen LogP contribution in [-0.4, -0.2) is 71.1 Å². The van der Waals surface area contributed by atoms with E-state index < -0.39 is 0 Å². The Morgan fingerprint density at radius 3 is 2.80 bits per heavy atom. The molecule has 0 aromatic heterocycles. The summed E-state index contributed by atoms with van der Waals surface area (Å²) < 4.78 is 16.3. The second-order valence-electron chi connectivity index (χ2n) is 8.56. The first-order valence-electron chi connectivity index (χ1n) is 11.4. The van der Waals surface area contributed by atoms with E-state index >= 15 is 0 Å². The molecule has 1 aliphatic carbocycles. The first kappa shape index (κ1) is 22.9. The minimum absolute atomic E-state index is 0.123. The first-order valence-corrected chi connectivity index (χ1v) is 11.4. The maximum absolute atomic E-state index is 5.76. The number of nitrogens with one attached hydrogen (secondary N) is 1. The van der Waals surface area contributed by atoms with Gasteiger partial charge in [0.15, 0.2) is 5.96 Å². The number of hydrogen-bond acceptors (Lipinski definition) is 4. The van der Waals surface area contributed by atoms with Crippen LogP contribution in [0.2, 0.25) is 0 Å². The Kier molecular flexibility index (Phi) is 8.82. The fraction of sp³-hybridized carbons (Fsp3) is 0.708. The summed E-state index contributed by atoms with van der Waals surface area (Å²) in [4.78, 5) is 7.56. The molecule has 1 saturated heterocycles. The topological polar surface area (TPSA) is 55.3 Å². The molecule has 1 aliphatic heterocycles. The Morgan fingerprint density at radius 1 is 1.23 bits per heavy atom. The van der Waals surface area contributed by atoms with Crippen LogP contribution in [0.25, 0.3) is 0 Å². The van der Waals surface area contributed by atoms with E-state index in [1.165, 1.54) is 31.2 Å². The van der Waals surface area contributed by atoms with E-state index in [-0.39, 0.29) is 5.41 Å². The van der Waals surface area contributed by atoms with Crippen LogP contribution < -0.4 is 10.1 Å². The van der Waals surface area contributed by atoms with Crippen LogP contribution in [0.5, 0.6) is 5.75 Å². The van der Waals surface area contributed by atoms with Gasteiger partial charge in [-0.3, -0.25) is 4.99 Å². The Hall–Kier alpha value is -1.79. The highest BCUT2D eigenvalue weighted by Gasteiger charge is 2.36. The lowest BCUT2D eigenvalue weighted by molar-refractivity contribution is 0.0536. The molecule has 2 fully saturated rings. The van der Waals surface area contributed by atoms with Crippen LogP contribution in [0.1, 0.15) is 44.6 Å². The zero-order valence-electron chi connectivity index (χ0n) is 19.0. The van der Waals surface area contributed by atoms with E-state index in [4.69, 9.17) is 19.2 Å². The molecule has 1 saturated carbocycles. The van der Waals surface area contributed by atoms with Crippen molar-refractivity contribution in [3.8, 4) is 5.75 Å². The van der Waals surface area contributed by atoms with Crippen molar-refractivity contribution in [2.75, 3.05) is 60.2 Å². The fourth-order valence-electron chi connectivity index (χ4n) is 4.75. The molecule has 1 aromatic carbocycles. The van der Waals surface area contributed by atoms with E-state index in [0.29, 0.717) is 19.1 Å². The molecule has 1 N–H and O–H groups in total. The van der Waals surface area contributed by atoms with Gasteiger partial charge in [-0.25, -0.2) is 0 Å². The van der Waals surface area contributed by atoms with Crippen molar-refractivity contribution >= 4 is 5.96 Å². The van der Waals surface area contributed by atoms with Gasteiger partial charge in [0, 0.05) is 38.1 Å². The molecule has 0 bridgehead atoms. The Bertz CT molecular complexity index is 673. The molecule has 0 amide bonds. The number of rotatable bonds is 10. The average molecular weight is 418 g/mol. The Morgan fingerprint density at radius 2 is 2.07 bits per heavy atom. The summed E-state index contributed by atoms with van der Waals surface area (Å²) >= 11 is 0. The summed E-state index contributed by atoms with van der Waals surface area (Å²) in [6.45, 7) is 8.03. The van der Waals surface area contributed by atoms with Gasteiger partial charge in [0.05, 0.1) is 33.5 Å². The quantitative estimate of drug-likeness (QED) is 0.359. The lowest BCUT2D eigenvalue weighted by Crippen LogP contribution is -2.41. The Labute approximate surface area is 182 Å². The molecule has 1 unspecified atom stereocenters. The van der Waals surface area contributed by atoms with E-state index in [9.17, 15) is 0 Å². The predicted molar refractivity (Wildman–Crippen MR) is 121 cm³/mol. The van der Waals surface area contributed by atoms with Gasteiger partial charge in [-0.05, 0) is 43.9 Å². The van der Waals surface area contributed by atoms with Crippen molar-refractivity contribution in [1.82, 2.24) is 10.2 Å². The molecule has 3 rings (SSSR count). The molecule has 6 nitrogen and oxygen atoms in total. The monoisotopic (exact) mass is 417 g/mol. The van der Waals surface area contributed by atoms with E-state index in [2.05, 4.69) is 35.3 Å². The number of hydrogen-bond donors (Lipinski definition) is 1. The summed E-state index contributed by atoms with van der Waals surface area (Å²) in [5.41, 5.74) is 1.49. The van der Waals surface area contributed by atoms with Crippen LogP contribution in [0, 0.1) is 5.92 Å². The molecule has 0 radical (unpaired) electrons. The highest BCUT2D eigenvalue weighted by Crippen LogP contribution is 2.42. The zero-order chi connectivity index (χ0) is 21.2. The molecule has 30 heavy (non-hydrogen) atoms. The van der Waals surface area contributed by atoms with Crippen LogP contribution in [0.4, 0.5) is 0 Å². The van der Waals surface area contributed by atoms with Gasteiger partial charge in [-0.15, -0.1) is 0 Å². The molecule has 1 aromatic rings. The lowest BCUT2D eigenvalue weighted by Gasteiger charge is -2.30. The Balaban J connectivity index is 1.67. The van der Waals surface area contributed by atoms with Crippen molar-refractivity contribution in [3.05, 3.63) is 29.8 Å². The van der Waals surface area contributed by atoms with E-state index in [1.807, 2.05) is 6.07 Å². The molecule has 1 heterocycles. The summed E-state index contributed by atoms with van der Waals surface area (Å²) in [6, 6.07) is 8.59. The number of guanidine groups is 1. The molecule has 168 valence electrons. The van der Waals surface area contributed by atoms with Gasteiger partial charge >= 0.3 is 0 Å². The lowest BCUT2D eigenvalue weighted by atomic mass is 9.79. The van der Waals surface area contributed by atoms with Gasteiger partial charge in [0.2, 0.25) is 0 Å². The number of aliphatic imine (C=N–C) groups is 1. The third kappa shape index (κ3) is 5.88. The van der Waals surface area contributed by atoms with Crippen molar-refractivity contribution in [2.24, 2.45) is 10.9 Å². The van der Waals surface area contributed by atoms with Crippen LogP contribution in [0.15, 0.2) is 29.3 Å². The van der Waals surface area contributed by atoms with Crippen LogP contribution in [-0.2, 0) is 14.9 Å². The smallest absolute Gasteiger partial charge is 0.193 e. The highest BCUT2D eigenvalue weighted by atomic mass is 16.5. The van der Waals surface area contributed by atoms with Crippen molar-refractivity contribution in [3.63, 3.8) is 0 Å². The number of ether oxygens (including phenoxy) is 3. The van der Waals surface area contributed by atoms with Crippen molar-refractivity contribution in [2.45, 2.75) is 44.4 Å². The van der Waals surface area contributed by atoms with Gasteiger partial charge in [0.1, 0.15) is 5.75 Å². The van der Waals surface area contributed by atoms with Crippen LogP contribution >= 0.6 is 0 Å². The average Bonchev–Trinajstić information content (AvgIpc) is 3.45. The third-order valence-electron chi connectivity index (χ3n) is 6.48. The minimum atomic E-state index is 0.123. The largest absolute Gasteiger partial charge is 0.497 e. The SMILES string of the molecule is CCNC(=NCC1(c2cccc(OC)c2)CCCC1)N1CCC(COCCOC)C1. The normalized spacial score (nSPS) is 21.2. The summed E-state index contributed by atoms with van der Waals surface area (Å²) in [5, 5.41) is 3.53. The third-order valence-corrected chi connectivity index (χ3v) is 6.48. The van der Waals surface area contributed by atoms with E-state index in [0.717, 1.165) is 50.9 Å². The molecule has 0 spiro atoms. The van der Waals surface area contributed by atoms with Gasteiger partial charge < -0.3 is 24.4 Å².